The van der Waals surface area contributed by atoms with Crippen molar-refractivity contribution in [3.8, 4) is 5.75 Å². The Balaban J connectivity index is 2.10. The summed E-state index contributed by atoms with van der Waals surface area (Å²) in [6, 6.07) is 12.2. The van der Waals surface area contributed by atoms with Crippen LogP contribution < -0.4 is 10.1 Å². The number of halogens is 1. The van der Waals surface area contributed by atoms with Crippen molar-refractivity contribution in [1.82, 2.24) is 5.32 Å². The third kappa shape index (κ3) is 3.39. The maximum Gasteiger partial charge on any atom is 0.169 e. The van der Waals surface area contributed by atoms with E-state index < -0.39 is 0 Å². The molecule has 4 heteroatoms. The molecule has 0 aliphatic heterocycles. The molecule has 0 fully saturated rings. The van der Waals surface area contributed by atoms with E-state index in [-0.39, 0.29) is 12.1 Å². The zero-order valence-electron chi connectivity index (χ0n) is 11.3. The highest BCUT2D eigenvalue weighted by Gasteiger charge is 2.16. The van der Waals surface area contributed by atoms with Gasteiger partial charge >= 0.3 is 0 Å². The van der Waals surface area contributed by atoms with Crippen LogP contribution in [0.2, 0.25) is 0 Å². The Morgan fingerprint density at radius 3 is 2.47 bits per heavy atom. The molecule has 2 rings (SSSR count). The molecule has 1 aromatic carbocycles. The largest absolute Gasteiger partial charge is 0.496 e. The minimum Gasteiger partial charge on any atom is -0.496 e. The number of benzene rings is 1. The number of furan rings is 1. The van der Waals surface area contributed by atoms with Gasteiger partial charge in [-0.2, -0.15) is 0 Å². The van der Waals surface area contributed by atoms with E-state index in [4.69, 9.17) is 9.15 Å². The molecule has 1 unspecified atom stereocenters. The van der Waals surface area contributed by atoms with Gasteiger partial charge in [0.15, 0.2) is 4.67 Å². The maximum atomic E-state index is 5.56. The Hall–Kier alpha value is -1.26. The summed E-state index contributed by atoms with van der Waals surface area (Å²) in [5.74, 6) is 1.81. The summed E-state index contributed by atoms with van der Waals surface area (Å²) in [7, 11) is 1.69. The van der Waals surface area contributed by atoms with Crippen molar-refractivity contribution in [2.24, 2.45) is 0 Å². The van der Waals surface area contributed by atoms with Gasteiger partial charge in [-0.05, 0) is 48.0 Å². The smallest absolute Gasteiger partial charge is 0.169 e. The molecule has 0 amide bonds. The second-order valence-corrected chi connectivity index (χ2v) is 5.28. The van der Waals surface area contributed by atoms with E-state index in [0.717, 1.165) is 21.7 Å². The molecule has 3 nitrogen and oxygen atoms in total. The average Bonchev–Trinajstić information content (AvgIpc) is 2.85. The van der Waals surface area contributed by atoms with E-state index in [1.807, 2.05) is 30.3 Å². The molecule has 1 N–H and O–H groups in total. The molecule has 0 saturated heterocycles. The van der Waals surface area contributed by atoms with Gasteiger partial charge < -0.3 is 14.5 Å². The first-order valence-corrected chi connectivity index (χ1v) is 7.05. The molecule has 0 aliphatic rings. The van der Waals surface area contributed by atoms with Crippen LogP contribution in [0.1, 0.15) is 37.3 Å². The number of ether oxygens (including phenoxy) is 1. The molecule has 0 radical (unpaired) electrons. The zero-order valence-corrected chi connectivity index (χ0v) is 12.9. The van der Waals surface area contributed by atoms with Gasteiger partial charge in [-0.3, -0.25) is 0 Å². The van der Waals surface area contributed by atoms with Crippen molar-refractivity contribution in [2.45, 2.75) is 25.9 Å². The highest BCUT2D eigenvalue weighted by molar-refractivity contribution is 9.10. The molecular weight excluding hydrogens is 306 g/mol. The van der Waals surface area contributed by atoms with Gasteiger partial charge in [0, 0.05) is 11.6 Å². The molecule has 0 spiro atoms. The Morgan fingerprint density at radius 2 is 1.84 bits per heavy atom. The summed E-state index contributed by atoms with van der Waals surface area (Å²) < 4.78 is 11.7. The van der Waals surface area contributed by atoms with E-state index in [1.54, 1.807) is 7.11 Å². The van der Waals surface area contributed by atoms with E-state index in [9.17, 15) is 0 Å². The number of rotatable bonds is 5. The Kier molecular flexibility index (Phi) is 4.66. The number of para-hydroxylation sites is 1. The fourth-order valence-corrected chi connectivity index (χ4v) is 2.45. The molecule has 0 bridgehead atoms. The fourth-order valence-electron chi connectivity index (χ4n) is 2.13. The molecule has 0 saturated carbocycles. The van der Waals surface area contributed by atoms with Crippen LogP contribution >= 0.6 is 15.9 Å². The van der Waals surface area contributed by atoms with Gasteiger partial charge in [-0.25, -0.2) is 0 Å². The molecule has 1 aromatic heterocycles. The van der Waals surface area contributed by atoms with Gasteiger partial charge in [0.25, 0.3) is 0 Å². The Morgan fingerprint density at radius 1 is 1.11 bits per heavy atom. The third-order valence-electron chi connectivity index (χ3n) is 3.13. The predicted octanol–water partition coefficient (Wildman–Crippen LogP) is 4.46. The normalized spacial score (nSPS) is 14.1. The summed E-state index contributed by atoms with van der Waals surface area (Å²) >= 11 is 3.32. The van der Waals surface area contributed by atoms with Crippen LogP contribution in [0.4, 0.5) is 0 Å². The SMILES string of the molecule is COc1ccccc1[C@@H](C)NC(C)c1ccc(Br)o1. The summed E-state index contributed by atoms with van der Waals surface area (Å²) in [6.45, 7) is 4.20. The van der Waals surface area contributed by atoms with Gasteiger partial charge in [-0.1, -0.05) is 18.2 Å². The minimum absolute atomic E-state index is 0.131. The van der Waals surface area contributed by atoms with Crippen LogP contribution in [-0.2, 0) is 0 Å². The predicted molar refractivity (Wildman–Crippen MR) is 79.4 cm³/mol. The van der Waals surface area contributed by atoms with Gasteiger partial charge in [0.2, 0.25) is 0 Å². The van der Waals surface area contributed by atoms with E-state index >= 15 is 0 Å². The quantitative estimate of drug-likeness (QED) is 0.881. The van der Waals surface area contributed by atoms with Gasteiger partial charge in [0.1, 0.15) is 11.5 Å². The van der Waals surface area contributed by atoms with Crippen molar-refractivity contribution in [2.75, 3.05) is 7.11 Å². The number of hydrogen-bond acceptors (Lipinski definition) is 3. The van der Waals surface area contributed by atoms with Crippen LogP contribution in [0, 0.1) is 0 Å². The van der Waals surface area contributed by atoms with Gasteiger partial charge in [0.05, 0.1) is 13.2 Å². The standard InChI is InChI=1S/C15H18BrNO2/c1-10(12-6-4-5-7-14(12)18-3)17-11(2)13-8-9-15(16)19-13/h4-11,17H,1-3H3/t10-,11?/m1/s1. The number of methoxy groups -OCH3 is 1. The van der Waals surface area contributed by atoms with Gasteiger partial charge in [-0.15, -0.1) is 0 Å². The summed E-state index contributed by atoms with van der Waals surface area (Å²) in [6.07, 6.45) is 0. The zero-order chi connectivity index (χ0) is 13.8. The van der Waals surface area contributed by atoms with E-state index in [0.29, 0.717) is 0 Å². The molecule has 102 valence electrons. The number of nitrogens with one attached hydrogen (secondary N) is 1. The highest BCUT2D eigenvalue weighted by atomic mass is 79.9. The molecule has 0 aliphatic carbocycles. The van der Waals surface area contributed by atoms with Crippen LogP contribution in [0.5, 0.6) is 5.75 Å². The molecular formula is C15H18BrNO2. The average molecular weight is 324 g/mol. The highest BCUT2D eigenvalue weighted by Crippen LogP contribution is 2.27. The second kappa shape index (κ2) is 6.26. The third-order valence-corrected chi connectivity index (χ3v) is 3.55. The second-order valence-electron chi connectivity index (χ2n) is 4.49. The van der Waals surface area contributed by atoms with Crippen molar-refractivity contribution >= 4 is 15.9 Å². The first-order valence-electron chi connectivity index (χ1n) is 6.26. The van der Waals surface area contributed by atoms with Crippen LogP contribution in [0.3, 0.4) is 0 Å². The lowest BCUT2D eigenvalue weighted by molar-refractivity contribution is 0.375. The Bertz CT molecular complexity index is 538. The van der Waals surface area contributed by atoms with E-state index in [1.165, 1.54) is 0 Å². The fraction of sp³-hybridized carbons (Fsp3) is 0.333. The first kappa shape index (κ1) is 14.2. The van der Waals surface area contributed by atoms with Crippen molar-refractivity contribution in [3.05, 3.63) is 52.4 Å². The van der Waals surface area contributed by atoms with E-state index in [2.05, 4.69) is 41.2 Å². The maximum absolute atomic E-state index is 5.56. The lowest BCUT2D eigenvalue weighted by Gasteiger charge is -2.20. The molecule has 2 aromatic rings. The van der Waals surface area contributed by atoms with Crippen LogP contribution in [0.25, 0.3) is 0 Å². The first-order chi connectivity index (χ1) is 9.11. The lowest BCUT2D eigenvalue weighted by Crippen LogP contribution is -2.22. The van der Waals surface area contributed by atoms with Crippen molar-refractivity contribution in [3.63, 3.8) is 0 Å². The summed E-state index contributed by atoms with van der Waals surface area (Å²) in [5, 5.41) is 3.51. The lowest BCUT2D eigenvalue weighted by atomic mass is 10.1. The molecule has 2 atom stereocenters. The number of hydrogen-bond donors (Lipinski definition) is 1. The van der Waals surface area contributed by atoms with Crippen LogP contribution in [-0.4, -0.2) is 7.11 Å². The topological polar surface area (TPSA) is 34.4 Å². The Labute approximate surface area is 122 Å². The molecule has 1 heterocycles. The monoisotopic (exact) mass is 323 g/mol. The van der Waals surface area contributed by atoms with Crippen LogP contribution in [0.15, 0.2) is 45.5 Å². The van der Waals surface area contributed by atoms with Crippen molar-refractivity contribution < 1.29 is 9.15 Å². The van der Waals surface area contributed by atoms with Crippen molar-refractivity contribution in [1.29, 1.82) is 0 Å². The summed E-state index contributed by atoms with van der Waals surface area (Å²) in [5.41, 5.74) is 1.14. The summed E-state index contributed by atoms with van der Waals surface area (Å²) in [4.78, 5) is 0. The minimum atomic E-state index is 0.131. The molecule has 19 heavy (non-hydrogen) atoms.